The van der Waals surface area contributed by atoms with Crippen LogP contribution in [0.1, 0.15) is 37.4 Å². The van der Waals surface area contributed by atoms with Crippen molar-refractivity contribution >= 4 is 24.3 Å². The first-order valence-corrected chi connectivity index (χ1v) is 8.25. The Kier molecular flexibility index (Phi) is 8.22. The fraction of sp³-hybridized carbons (Fsp3) is 0.556. The first-order valence-electron chi connectivity index (χ1n) is 8.25. The maximum Gasteiger partial charge on any atom is 0.308 e. The highest BCUT2D eigenvalue weighted by Crippen LogP contribution is 2.23. The lowest BCUT2D eigenvalue weighted by molar-refractivity contribution is -0.144. The van der Waals surface area contributed by atoms with E-state index in [9.17, 15) is 9.59 Å². The minimum absolute atomic E-state index is 0. The van der Waals surface area contributed by atoms with Gasteiger partial charge in [-0.2, -0.15) is 0 Å². The molecule has 1 amide bonds. The van der Waals surface area contributed by atoms with Crippen LogP contribution >= 0.6 is 12.4 Å². The van der Waals surface area contributed by atoms with Crippen molar-refractivity contribution in [3.05, 3.63) is 35.4 Å². The third-order valence-electron chi connectivity index (χ3n) is 4.49. The van der Waals surface area contributed by atoms with Gasteiger partial charge >= 0.3 is 5.97 Å². The van der Waals surface area contributed by atoms with Gasteiger partial charge in [0.25, 0.3) is 0 Å². The number of amides is 1. The Balaban J connectivity index is 0.00000288. The Labute approximate surface area is 149 Å². The second-order valence-corrected chi connectivity index (χ2v) is 6.13. The summed E-state index contributed by atoms with van der Waals surface area (Å²) in [6.45, 7) is 7.81. The van der Waals surface area contributed by atoms with E-state index in [2.05, 4.69) is 10.6 Å². The van der Waals surface area contributed by atoms with Crippen LogP contribution in [0.25, 0.3) is 0 Å². The van der Waals surface area contributed by atoms with Crippen molar-refractivity contribution in [2.75, 3.05) is 19.7 Å². The van der Waals surface area contributed by atoms with Crippen molar-refractivity contribution in [3.63, 3.8) is 0 Å². The van der Waals surface area contributed by atoms with Gasteiger partial charge in [-0.15, -0.1) is 12.4 Å². The molecule has 2 N–H and O–H groups in total. The number of halogens is 1. The zero-order chi connectivity index (χ0) is 16.8. The Hall–Kier alpha value is -1.59. The maximum atomic E-state index is 12.5. The van der Waals surface area contributed by atoms with Gasteiger partial charge in [-0.05, 0) is 44.0 Å². The van der Waals surface area contributed by atoms with Gasteiger partial charge in [0.15, 0.2) is 0 Å². The third-order valence-corrected chi connectivity index (χ3v) is 4.49. The van der Waals surface area contributed by atoms with E-state index in [1.807, 2.05) is 38.1 Å². The van der Waals surface area contributed by atoms with E-state index < -0.39 is 0 Å². The van der Waals surface area contributed by atoms with Crippen LogP contribution in [0.2, 0.25) is 0 Å². The second-order valence-electron chi connectivity index (χ2n) is 6.13. The molecular weight excluding hydrogens is 328 g/mol. The SMILES string of the molecule is CCOC(=O)CC(NC(=O)C(C)C1CNC1)c1ccccc1C.Cl. The van der Waals surface area contributed by atoms with Crippen molar-refractivity contribution in [1.82, 2.24) is 10.6 Å². The molecule has 2 rings (SSSR count). The molecule has 0 radical (unpaired) electrons. The number of esters is 1. The standard InChI is InChI=1S/C18H26N2O3.ClH/c1-4-23-17(21)9-16(15-8-6-5-7-12(15)2)20-18(22)13(3)14-10-19-11-14;/h5-8,13-14,16,19H,4,9-11H2,1-3H3,(H,20,22);1H. The minimum Gasteiger partial charge on any atom is -0.466 e. The quantitative estimate of drug-likeness (QED) is 0.738. The molecule has 1 aliphatic heterocycles. The van der Waals surface area contributed by atoms with Crippen molar-refractivity contribution in [2.24, 2.45) is 11.8 Å². The molecule has 1 aromatic rings. The largest absolute Gasteiger partial charge is 0.466 e. The average molecular weight is 355 g/mol. The van der Waals surface area contributed by atoms with Gasteiger partial charge in [-0.1, -0.05) is 31.2 Å². The highest BCUT2D eigenvalue weighted by Gasteiger charge is 2.30. The highest BCUT2D eigenvalue weighted by molar-refractivity contribution is 5.85. The molecular formula is C18H27ClN2O3. The Morgan fingerprint density at radius 2 is 2.00 bits per heavy atom. The Morgan fingerprint density at radius 1 is 1.33 bits per heavy atom. The molecule has 0 aliphatic carbocycles. The predicted octanol–water partition coefficient (Wildman–Crippen LogP) is 2.38. The lowest BCUT2D eigenvalue weighted by Gasteiger charge is -2.33. The molecule has 5 nitrogen and oxygen atoms in total. The smallest absolute Gasteiger partial charge is 0.308 e. The van der Waals surface area contributed by atoms with Crippen LogP contribution in [0.3, 0.4) is 0 Å². The summed E-state index contributed by atoms with van der Waals surface area (Å²) in [7, 11) is 0. The van der Waals surface area contributed by atoms with E-state index in [0.29, 0.717) is 12.5 Å². The van der Waals surface area contributed by atoms with Gasteiger partial charge in [0.05, 0.1) is 19.1 Å². The van der Waals surface area contributed by atoms with Crippen LogP contribution in [0, 0.1) is 18.8 Å². The summed E-state index contributed by atoms with van der Waals surface area (Å²) < 4.78 is 5.06. The molecule has 1 aliphatic rings. The summed E-state index contributed by atoms with van der Waals surface area (Å²) in [5.74, 6) is 0.00754. The third kappa shape index (κ3) is 5.21. The number of benzene rings is 1. The molecule has 24 heavy (non-hydrogen) atoms. The Morgan fingerprint density at radius 3 is 2.54 bits per heavy atom. The first kappa shape index (κ1) is 20.5. The predicted molar refractivity (Wildman–Crippen MR) is 96.1 cm³/mol. The second kappa shape index (κ2) is 9.64. The number of aryl methyl sites for hydroxylation is 1. The maximum absolute atomic E-state index is 12.5. The lowest BCUT2D eigenvalue weighted by atomic mass is 9.87. The number of hydrogen-bond acceptors (Lipinski definition) is 4. The molecule has 2 unspecified atom stereocenters. The molecule has 0 saturated carbocycles. The van der Waals surface area contributed by atoms with Crippen LogP contribution in [0.15, 0.2) is 24.3 Å². The minimum atomic E-state index is -0.349. The molecule has 2 atom stereocenters. The summed E-state index contributed by atoms with van der Waals surface area (Å²) in [6.07, 6.45) is 0.153. The van der Waals surface area contributed by atoms with Crippen molar-refractivity contribution in [1.29, 1.82) is 0 Å². The van der Waals surface area contributed by atoms with Crippen LogP contribution in [0.5, 0.6) is 0 Å². The molecule has 0 aromatic heterocycles. The highest BCUT2D eigenvalue weighted by atomic mass is 35.5. The van der Waals surface area contributed by atoms with Crippen molar-refractivity contribution in [2.45, 2.75) is 33.2 Å². The topological polar surface area (TPSA) is 67.4 Å². The number of hydrogen-bond donors (Lipinski definition) is 2. The van der Waals surface area contributed by atoms with E-state index in [4.69, 9.17) is 4.74 Å². The molecule has 0 bridgehead atoms. The van der Waals surface area contributed by atoms with Crippen LogP contribution in [-0.2, 0) is 14.3 Å². The fourth-order valence-corrected chi connectivity index (χ4v) is 2.78. The molecule has 6 heteroatoms. The van der Waals surface area contributed by atoms with Crippen molar-refractivity contribution in [3.8, 4) is 0 Å². The molecule has 1 heterocycles. The number of carbonyl (C=O) groups is 2. The van der Waals surface area contributed by atoms with Crippen molar-refractivity contribution < 1.29 is 14.3 Å². The lowest BCUT2D eigenvalue weighted by Crippen LogP contribution is -2.50. The van der Waals surface area contributed by atoms with Gasteiger partial charge in [-0.3, -0.25) is 9.59 Å². The summed E-state index contributed by atoms with van der Waals surface area (Å²) in [4.78, 5) is 24.4. The average Bonchev–Trinajstić information content (AvgIpc) is 2.45. The first-order chi connectivity index (χ1) is 11.0. The summed E-state index contributed by atoms with van der Waals surface area (Å²) in [5, 5.41) is 6.23. The van der Waals surface area contributed by atoms with Crippen LogP contribution in [0.4, 0.5) is 0 Å². The summed E-state index contributed by atoms with van der Waals surface area (Å²) >= 11 is 0. The van der Waals surface area contributed by atoms with E-state index in [1.165, 1.54) is 0 Å². The monoisotopic (exact) mass is 354 g/mol. The molecule has 0 spiro atoms. The van der Waals surface area contributed by atoms with E-state index in [1.54, 1.807) is 6.92 Å². The molecule has 1 saturated heterocycles. The zero-order valence-electron chi connectivity index (χ0n) is 14.5. The van der Waals surface area contributed by atoms with E-state index in [0.717, 1.165) is 24.2 Å². The number of carbonyl (C=O) groups excluding carboxylic acids is 2. The fourth-order valence-electron chi connectivity index (χ4n) is 2.78. The van der Waals surface area contributed by atoms with Gasteiger partial charge in [0.2, 0.25) is 5.91 Å². The van der Waals surface area contributed by atoms with Gasteiger partial charge in [-0.25, -0.2) is 0 Å². The number of nitrogens with one attached hydrogen (secondary N) is 2. The molecule has 1 aromatic carbocycles. The normalized spacial score (nSPS) is 16.3. The number of rotatable bonds is 7. The van der Waals surface area contributed by atoms with Crippen LogP contribution in [-0.4, -0.2) is 31.6 Å². The van der Waals surface area contributed by atoms with Crippen LogP contribution < -0.4 is 10.6 Å². The van der Waals surface area contributed by atoms with Gasteiger partial charge < -0.3 is 15.4 Å². The summed E-state index contributed by atoms with van der Waals surface area (Å²) in [6, 6.07) is 7.46. The van der Waals surface area contributed by atoms with Gasteiger partial charge in [0, 0.05) is 5.92 Å². The Bertz CT molecular complexity index is 561. The molecule has 134 valence electrons. The van der Waals surface area contributed by atoms with E-state index in [-0.39, 0.29) is 42.7 Å². The van der Waals surface area contributed by atoms with E-state index >= 15 is 0 Å². The summed E-state index contributed by atoms with van der Waals surface area (Å²) in [5.41, 5.74) is 2.02. The molecule has 1 fully saturated rings. The zero-order valence-corrected chi connectivity index (χ0v) is 15.3. The number of ether oxygens (including phenoxy) is 1. The van der Waals surface area contributed by atoms with Gasteiger partial charge in [0.1, 0.15) is 0 Å².